The molecule has 2 rings (SSSR count). The first-order valence-electron chi connectivity index (χ1n) is 5.60. The Morgan fingerprint density at radius 1 is 0.900 bits per heavy atom. The molecule has 4 nitrogen and oxygen atoms in total. The molecule has 0 bridgehead atoms. The van der Waals surface area contributed by atoms with E-state index in [9.17, 15) is 0 Å². The van der Waals surface area contributed by atoms with Gasteiger partial charge < -0.3 is 10.2 Å². The van der Waals surface area contributed by atoms with Crippen molar-refractivity contribution in [1.82, 2.24) is 9.97 Å². The SMILES string of the molecule is Cc1ncc(CO)cc1Cl.OCc1cnc(Cl)c(Cl)c1. The molecule has 0 unspecified atom stereocenters. The smallest absolute Gasteiger partial charge is 0.147 e. The van der Waals surface area contributed by atoms with E-state index >= 15 is 0 Å². The molecule has 0 fully saturated rings. The molecule has 0 aromatic carbocycles. The normalized spacial score (nSPS) is 9.90. The lowest BCUT2D eigenvalue weighted by atomic mass is 10.3. The van der Waals surface area contributed by atoms with Crippen LogP contribution in [0.25, 0.3) is 0 Å². The molecule has 2 heterocycles. The third-order valence-electron chi connectivity index (χ3n) is 2.30. The summed E-state index contributed by atoms with van der Waals surface area (Å²) in [5.74, 6) is 0. The van der Waals surface area contributed by atoms with Crippen LogP contribution >= 0.6 is 34.8 Å². The van der Waals surface area contributed by atoms with Crippen molar-refractivity contribution in [3.63, 3.8) is 0 Å². The number of aliphatic hydroxyl groups is 2. The monoisotopic (exact) mass is 334 g/mol. The number of halogens is 3. The van der Waals surface area contributed by atoms with Crippen LogP contribution < -0.4 is 0 Å². The predicted octanol–water partition coefficient (Wildman–Crippen LogP) is 3.42. The lowest BCUT2D eigenvalue weighted by molar-refractivity contribution is 0.281. The lowest BCUT2D eigenvalue weighted by Crippen LogP contribution is -1.87. The van der Waals surface area contributed by atoms with Crippen LogP contribution in [0.3, 0.4) is 0 Å². The van der Waals surface area contributed by atoms with Crippen LogP contribution in [0.15, 0.2) is 24.5 Å². The third-order valence-corrected chi connectivity index (χ3v) is 3.37. The molecule has 0 aliphatic rings. The van der Waals surface area contributed by atoms with Gasteiger partial charge in [0.2, 0.25) is 0 Å². The minimum atomic E-state index is -0.0656. The van der Waals surface area contributed by atoms with Crippen molar-refractivity contribution < 1.29 is 10.2 Å². The molecule has 7 heteroatoms. The van der Waals surface area contributed by atoms with Crippen LogP contribution in [0.4, 0.5) is 0 Å². The van der Waals surface area contributed by atoms with Gasteiger partial charge in [0.05, 0.1) is 29.0 Å². The van der Waals surface area contributed by atoms with Gasteiger partial charge >= 0.3 is 0 Å². The zero-order valence-corrected chi connectivity index (χ0v) is 12.9. The Balaban J connectivity index is 0.000000200. The first-order chi connectivity index (χ1) is 9.47. The molecule has 20 heavy (non-hydrogen) atoms. The Morgan fingerprint density at radius 2 is 1.40 bits per heavy atom. The zero-order chi connectivity index (χ0) is 15.1. The van der Waals surface area contributed by atoms with E-state index in [0.29, 0.717) is 15.6 Å². The second-order valence-corrected chi connectivity index (χ2v) is 5.02. The highest BCUT2D eigenvalue weighted by Crippen LogP contribution is 2.19. The Kier molecular flexibility index (Phi) is 7.19. The zero-order valence-electron chi connectivity index (χ0n) is 10.6. The summed E-state index contributed by atoms with van der Waals surface area (Å²) >= 11 is 16.8. The molecule has 0 amide bonds. The second-order valence-electron chi connectivity index (χ2n) is 3.84. The fraction of sp³-hybridized carbons (Fsp3) is 0.231. The van der Waals surface area contributed by atoms with Crippen LogP contribution in [0.2, 0.25) is 15.2 Å². The number of aromatic nitrogens is 2. The van der Waals surface area contributed by atoms with E-state index in [0.717, 1.165) is 11.3 Å². The van der Waals surface area contributed by atoms with Crippen LogP contribution in [-0.4, -0.2) is 20.2 Å². The Labute approximate surface area is 132 Å². The van der Waals surface area contributed by atoms with Crippen molar-refractivity contribution in [1.29, 1.82) is 0 Å². The fourth-order valence-corrected chi connectivity index (χ4v) is 1.66. The van der Waals surface area contributed by atoms with Crippen LogP contribution in [-0.2, 0) is 13.2 Å². The molecular weight excluding hydrogens is 323 g/mol. The second kappa shape index (κ2) is 8.39. The molecule has 0 aliphatic carbocycles. The van der Waals surface area contributed by atoms with Gasteiger partial charge in [0.15, 0.2) is 0 Å². The number of nitrogens with zero attached hydrogens (tertiary/aromatic N) is 2. The number of rotatable bonds is 2. The molecule has 0 spiro atoms. The van der Waals surface area contributed by atoms with Crippen LogP contribution in [0, 0.1) is 6.92 Å². The lowest BCUT2D eigenvalue weighted by Gasteiger charge is -1.97. The van der Waals surface area contributed by atoms with Crippen molar-refractivity contribution >= 4 is 34.8 Å². The molecule has 108 valence electrons. The maximum atomic E-state index is 8.65. The molecule has 0 radical (unpaired) electrons. The summed E-state index contributed by atoms with van der Waals surface area (Å²) in [5.41, 5.74) is 2.20. The third kappa shape index (κ3) is 5.23. The van der Waals surface area contributed by atoms with Crippen molar-refractivity contribution in [2.24, 2.45) is 0 Å². The quantitative estimate of drug-likeness (QED) is 0.825. The minimum Gasteiger partial charge on any atom is -0.392 e. The standard InChI is InChI=1S/C7H8ClNO.C6H5Cl2NO/c1-5-7(8)2-6(4-10)3-9-5;7-5-1-4(3-10)2-9-6(5)8/h2-3,10H,4H2,1H3;1-2,10H,3H2. The Morgan fingerprint density at radius 3 is 1.85 bits per heavy atom. The van der Waals surface area contributed by atoms with Gasteiger partial charge in [-0.1, -0.05) is 34.8 Å². The van der Waals surface area contributed by atoms with E-state index in [-0.39, 0.29) is 18.4 Å². The highest BCUT2D eigenvalue weighted by atomic mass is 35.5. The maximum absolute atomic E-state index is 8.65. The molecule has 0 atom stereocenters. The predicted molar refractivity (Wildman–Crippen MR) is 80.1 cm³/mol. The topological polar surface area (TPSA) is 66.2 Å². The number of hydrogen-bond donors (Lipinski definition) is 2. The van der Waals surface area contributed by atoms with Crippen molar-refractivity contribution in [3.8, 4) is 0 Å². The van der Waals surface area contributed by atoms with Crippen LogP contribution in [0.5, 0.6) is 0 Å². The molecule has 2 aromatic heterocycles. The number of aryl methyl sites for hydroxylation is 1. The van der Waals surface area contributed by atoms with E-state index in [2.05, 4.69) is 9.97 Å². The summed E-state index contributed by atoms with van der Waals surface area (Å²) in [6.45, 7) is 1.75. The fourth-order valence-electron chi connectivity index (χ4n) is 1.18. The molecule has 2 aromatic rings. The van der Waals surface area contributed by atoms with Crippen molar-refractivity contribution in [2.45, 2.75) is 20.1 Å². The van der Waals surface area contributed by atoms with E-state index in [4.69, 9.17) is 45.0 Å². The van der Waals surface area contributed by atoms with Gasteiger partial charge in [-0.3, -0.25) is 4.98 Å². The van der Waals surface area contributed by atoms with Gasteiger partial charge in [-0.15, -0.1) is 0 Å². The first-order valence-corrected chi connectivity index (χ1v) is 6.74. The largest absolute Gasteiger partial charge is 0.392 e. The average Bonchev–Trinajstić information content (AvgIpc) is 2.45. The highest BCUT2D eigenvalue weighted by Gasteiger charge is 1.98. The van der Waals surface area contributed by atoms with E-state index < -0.39 is 0 Å². The molecule has 2 N–H and O–H groups in total. The Bertz CT molecular complexity index is 528. The van der Waals surface area contributed by atoms with Gasteiger partial charge in [-0.2, -0.15) is 0 Å². The minimum absolute atomic E-state index is 0.00694. The summed E-state index contributed by atoms with van der Waals surface area (Å²) in [4.78, 5) is 7.68. The summed E-state index contributed by atoms with van der Waals surface area (Å²) in [7, 11) is 0. The van der Waals surface area contributed by atoms with Gasteiger partial charge in [-0.25, -0.2) is 4.98 Å². The summed E-state index contributed by atoms with van der Waals surface area (Å²) in [6, 6.07) is 3.29. The van der Waals surface area contributed by atoms with Crippen LogP contribution in [0.1, 0.15) is 16.8 Å². The number of aliphatic hydroxyl groups excluding tert-OH is 2. The van der Waals surface area contributed by atoms with E-state index in [1.807, 2.05) is 6.92 Å². The van der Waals surface area contributed by atoms with Gasteiger partial charge in [0.25, 0.3) is 0 Å². The summed E-state index contributed by atoms with van der Waals surface area (Å²) < 4.78 is 0. The summed E-state index contributed by atoms with van der Waals surface area (Å²) in [5, 5.41) is 18.5. The first kappa shape index (κ1) is 17.1. The number of hydrogen-bond acceptors (Lipinski definition) is 4. The van der Waals surface area contributed by atoms with E-state index in [1.54, 1.807) is 18.3 Å². The summed E-state index contributed by atoms with van der Waals surface area (Å²) in [6.07, 6.45) is 3.09. The van der Waals surface area contributed by atoms with Crippen molar-refractivity contribution in [3.05, 3.63) is 56.5 Å². The Hall–Kier alpha value is -0.910. The van der Waals surface area contributed by atoms with Gasteiger partial charge in [-0.05, 0) is 30.2 Å². The molecule has 0 saturated carbocycles. The average molecular weight is 336 g/mol. The van der Waals surface area contributed by atoms with Gasteiger partial charge in [0.1, 0.15) is 5.15 Å². The van der Waals surface area contributed by atoms with E-state index in [1.165, 1.54) is 6.20 Å². The molecular formula is C13H13Cl3N2O2. The van der Waals surface area contributed by atoms with Gasteiger partial charge in [0, 0.05) is 12.4 Å². The highest BCUT2D eigenvalue weighted by molar-refractivity contribution is 6.41. The molecule has 0 aliphatic heterocycles. The van der Waals surface area contributed by atoms with Crippen molar-refractivity contribution in [2.75, 3.05) is 0 Å². The molecule has 0 saturated heterocycles. The maximum Gasteiger partial charge on any atom is 0.147 e. The number of pyridine rings is 2.